The predicted molar refractivity (Wildman–Crippen MR) is 120 cm³/mol. The quantitative estimate of drug-likeness (QED) is 0.631. The van der Waals surface area contributed by atoms with Gasteiger partial charge in [0.25, 0.3) is 10.0 Å². The van der Waals surface area contributed by atoms with Gasteiger partial charge in [0.15, 0.2) is 0 Å². The first-order valence-corrected chi connectivity index (χ1v) is 11.6. The van der Waals surface area contributed by atoms with Crippen molar-refractivity contribution in [2.45, 2.75) is 11.4 Å². The molecule has 0 spiro atoms. The van der Waals surface area contributed by atoms with Gasteiger partial charge in [0.1, 0.15) is 22.4 Å². The third kappa shape index (κ3) is 4.09. The van der Waals surface area contributed by atoms with Gasteiger partial charge in [-0.05, 0) is 24.3 Å². The van der Waals surface area contributed by atoms with Crippen molar-refractivity contribution in [1.82, 2.24) is 19.8 Å². The Morgan fingerprint density at radius 3 is 2.39 bits per heavy atom. The maximum atomic E-state index is 12.4. The van der Waals surface area contributed by atoms with E-state index in [4.69, 9.17) is 5.73 Å². The van der Waals surface area contributed by atoms with Crippen molar-refractivity contribution < 1.29 is 8.42 Å². The molecule has 0 aliphatic carbocycles. The Bertz CT molecular complexity index is 1270. The number of nitrogen functional groups attached to an aromatic ring is 1. The highest BCUT2D eigenvalue weighted by molar-refractivity contribution is 7.90. The highest BCUT2D eigenvalue weighted by atomic mass is 32.2. The van der Waals surface area contributed by atoms with E-state index in [-0.39, 0.29) is 4.90 Å². The second kappa shape index (κ2) is 7.88. The molecule has 160 valence electrons. The van der Waals surface area contributed by atoms with Crippen LogP contribution in [0.4, 0.5) is 11.5 Å². The number of nitrogens with one attached hydrogen (secondary N) is 1. The zero-order valence-electron chi connectivity index (χ0n) is 16.9. The SMILES string of the molecule is Nc1nc(CN2CCN(CC3=NS(=O)(=O)c4ccccc4N3)CC2)nc2ccccc12. The Balaban J connectivity index is 1.21. The Morgan fingerprint density at radius 2 is 1.58 bits per heavy atom. The van der Waals surface area contributed by atoms with Gasteiger partial charge in [0.05, 0.1) is 24.3 Å². The number of hydrogen-bond donors (Lipinski definition) is 2. The number of para-hydroxylation sites is 2. The van der Waals surface area contributed by atoms with Crippen molar-refractivity contribution >= 4 is 38.3 Å². The van der Waals surface area contributed by atoms with Gasteiger partial charge in [-0.15, -0.1) is 4.40 Å². The van der Waals surface area contributed by atoms with E-state index in [0.717, 1.165) is 37.1 Å². The number of amidine groups is 1. The first kappa shape index (κ1) is 19.9. The second-order valence-electron chi connectivity index (χ2n) is 7.73. The van der Waals surface area contributed by atoms with Crippen LogP contribution >= 0.6 is 0 Å². The molecule has 3 aromatic rings. The molecule has 10 heteroatoms. The molecule has 3 N–H and O–H groups in total. The first-order chi connectivity index (χ1) is 15.0. The number of fused-ring (bicyclic) bond motifs is 2. The molecule has 2 aromatic carbocycles. The van der Waals surface area contributed by atoms with Gasteiger partial charge in [-0.25, -0.2) is 9.97 Å². The van der Waals surface area contributed by atoms with Crippen LogP contribution in [0.5, 0.6) is 0 Å². The summed E-state index contributed by atoms with van der Waals surface area (Å²) in [4.78, 5) is 13.8. The summed E-state index contributed by atoms with van der Waals surface area (Å²) in [6.45, 7) is 4.33. The summed E-state index contributed by atoms with van der Waals surface area (Å²) < 4.78 is 28.8. The average molecular weight is 438 g/mol. The van der Waals surface area contributed by atoms with Crippen molar-refractivity contribution in [3.63, 3.8) is 0 Å². The van der Waals surface area contributed by atoms with E-state index in [1.54, 1.807) is 18.2 Å². The van der Waals surface area contributed by atoms with Crippen LogP contribution in [0, 0.1) is 0 Å². The van der Waals surface area contributed by atoms with Gasteiger partial charge >= 0.3 is 0 Å². The number of sulfonamides is 1. The van der Waals surface area contributed by atoms with E-state index < -0.39 is 10.0 Å². The molecule has 0 atom stereocenters. The zero-order chi connectivity index (χ0) is 21.4. The van der Waals surface area contributed by atoms with Crippen molar-refractivity contribution in [3.8, 4) is 0 Å². The summed E-state index contributed by atoms with van der Waals surface area (Å²) in [6.07, 6.45) is 0. The predicted octanol–water partition coefficient (Wildman–Crippen LogP) is 1.54. The number of anilines is 2. The molecule has 1 aromatic heterocycles. The van der Waals surface area contributed by atoms with E-state index in [0.29, 0.717) is 36.3 Å². The molecule has 0 bridgehead atoms. The maximum absolute atomic E-state index is 12.4. The summed E-state index contributed by atoms with van der Waals surface area (Å²) in [5.74, 6) is 1.67. The number of nitrogens with zero attached hydrogens (tertiary/aromatic N) is 5. The molecule has 2 aliphatic rings. The summed E-state index contributed by atoms with van der Waals surface area (Å²) >= 11 is 0. The van der Waals surface area contributed by atoms with Crippen molar-refractivity contribution in [1.29, 1.82) is 0 Å². The standard InChI is InChI=1S/C21H23N7O2S/c22-21-15-5-1-2-6-16(15)23-19(25-21)13-27-9-11-28(12-10-27)14-20-24-17-7-3-4-8-18(17)31(29,30)26-20/h1-8H,9-14H2,(H,24,26)(H2,22,23,25). The van der Waals surface area contributed by atoms with Crippen LogP contribution in [0.1, 0.15) is 5.82 Å². The molecule has 1 fully saturated rings. The maximum Gasteiger partial charge on any atom is 0.286 e. The van der Waals surface area contributed by atoms with Crippen LogP contribution in [-0.4, -0.2) is 66.7 Å². The highest BCUT2D eigenvalue weighted by Gasteiger charge is 2.26. The summed E-state index contributed by atoms with van der Waals surface area (Å²) in [7, 11) is -3.66. The molecule has 3 heterocycles. The lowest BCUT2D eigenvalue weighted by Gasteiger charge is -2.34. The van der Waals surface area contributed by atoms with Crippen LogP contribution in [0.2, 0.25) is 0 Å². The van der Waals surface area contributed by atoms with E-state index in [1.807, 2.05) is 30.3 Å². The van der Waals surface area contributed by atoms with Crippen LogP contribution in [0.3, 0.4) is 0 Å². The van der Waals surface area contributed by atoms with Gasteiger partial charge in [0, 0.05) is 31.6 Å². The lowest BCUT2D eigenvalue weighted by atomic mass is 10.2. The van der Waals surface area contributed by atoms with Gasteiger partial charge in [-0.1, -0.05) is 24.3 Å². The third-order valence-corrected chi connectivity index (χ3v) is 6.93. The van der Waals surface area contributed by atoms with Crippen LogP contribution in [0.25, 0.3) is 10.9 Å². The zero-order valence-corrected chi connectivity index (χ0v) is 17.7. The number of nitrogens with two attached hydrogens (primary N) is 1. The third-order valence-electron chi connectivity index (χ3n) is 5.56. The van der Waals surface area contributed by atoms with Gasteiger partial charge in [-0.2, -0.15) is 8.42 Å². The minimum absolute atomic E-state index is 0.221. The number of aromatic nitrogens is 2. The Kier molecular flexibility index (Phi) is 5.05. The fourth-order valence-corrected chi connectivity index (χ4v) is 5.11. The molecule has 1 saturated heterocycles. The lowest BCUT2D eigenvalue weighted by Crippen LogP contribution is -2.48. The number of piperazine rings is 1. The Labute approximate surface area is 180 Å². The van der Waals surface area contributed by atoms with Crippen molar-refractivity contribution in [2.75, 3.05) is 43.8 Å². The first-order valence-electron chi connectivity index (χ1n) is 10.1. The van der Waals surface area contributed by atoms with E-state index in [9.17, 15) is 8.42 Å². The van der Waals surface area contributed by atoms with E-state index in [2.05, 4.69) is 29.5 Å². The minimum atomic E-state index is -3.66. The summed E-state index contributed by atoms with van der Waals surface area (Å²) in [5.41, 5.74) is 7.53. The van der Waals surface area contributed by atoms with Gasteiger partial charge in [-0.3, -0.25) is 9.80 Å². The fraction of sp³-hybridized carbons (Fsp3) is 0.286. The van der Waals surface area contributed by atoms with Crippen molar-refractivity contribution in [2.24, 2.45) is 4.40 Å². The van der Waals surface area contributed by atoms with Crippen molar-refractivity contribution in [3.05, 3.63) is 54.4 Å². The second-order valence-corrected chi connectivity index (χ2v) is 9.30. The number of hydrogen-bond acceptors (Lipinski definition) is 8. The largest absolute Gasteiger partial charge is 0.383 e. The average Bonchev–Trinajstić information content (AvgIpc) is 2.75. The van der Waals surface area contributed by atoms with Crippen LogP contribution in [0.15, 0.2) is 57.8 Å². The molecular formula is C21H23N7O2S. The summed E-state index contributed by atoms with van der Waals surface area (Å²) in [6, 6.07) is 14.6. The number of benzene rings is 2. The Morgan fingerprint density at radius 1 is 0.903 bits per heavy atom. The topological polar surface area (TPSA) is 117 Å². The van der Waals surface area contributed by atoms with Crippen LogP contribution < -0.4 is 11.1 Å². The van der Waals surface area contributed by atoms with Gasteiger partial charge in [0.2, 0.25) is 0 Å². The molecule has 9 nitrogen and oxygen atoms in total. The number of rotatable bonds is 4. The molecule has 0 unspecified atom stereocenters. The molecule has 0 amide bonds. The molecular weight excluding hydrogens is 414 g/mol. The smallest absolute Gasteiger partial charge is 0.286 e. The molecule has 31 heavy (non-hydrogen) atoms. The van der Waals surface area contributed by atoms with E-state index in [1.165, 1.54) is 0 Å². The minimum Gasteiger partial charge on any atom is -0.383 e. The summed E-state index contributed by atoms with van der Waals surface area (Å²) in [5, 5.41) is 4.02. The molecule has 0 radical (unpaired) electrons. The van der Waals surface area contributed by atoms with E-state index >= 15 is 0 Å². The molecule has 2 aliphatic heterocycles. The molecule has 0 saturated carbocycles. The highest BCUT2D eigenvalue weighted by Crippen LogP contribution is 2.26. The normalized spacial score (nSPS) is 18.9. The fourth-order valence-electron chi connectivity index (χ4n) is 3.97. The van der Waals surface area contributed by atoms with Gasteiger partial charge < -0.3 is 11.1 Å². The lowest BCUT2D eigenvalue weighted by molar-refractivity contribution is 0.137. The Hall–Kier alpha value is -3.08. The molecule has 5 rings (SSSR count). The monoisotopic (exact) mass is 437 g/mol. The van der Waals surface area contributed by atoms with Crippen LogP contribution in [-0.2, 0) is 16.6 Å².